The van der Waals surface area contributed by atoms with Gasteiger partial charge in [0.15, 0.2) is 0 Å². The second-order valence-corrected chi connectivity index (χ2v) is 3.54. The van der Waals surface area contributed by atoms with E-state index in [4.69, 9.17) is 9.84 Å². The van der Waals surface area contributed by atoms with Crippen LogP contribution in [0.15, 0.2) is 42.7 Å². The SMILES string of the molecule is O=C(O)c1cncc(Oc2ccccc2[N+](=O)[O-])c1. The van der Waals surface area contributed by atoms with E-state index in [9.17, 15) is 14.9 Å². The number of hydrogen-bond donors (Lipinski definition) is 1. The Morgan fingerprint density at radius 3 is 2.74 bits per heavy atom. The molecule has 1 aromatic heterocycles. The first kappa shape index (κ1) is 12.5. The van der Waals surface area contributed by atoms with Crippen LogP contribution in [-0.2, 0) is 0 Å². The number of nitrogens with zero attached hydrogens (tertiary/aromatic N) is 2. The second-order valence-electron chi connectivity index (χ2n) is 3.54. The van der Waals surface area contributed by atoms with Gasteiger partial charge in [-0.2, -0.15) is 0 Å². The molecule has 1 heterocycles. The van der Waals surface area contributed by atoms with E-state index in [1.54, 1.807) is 6.07 Å². The molecule has 2 rings (SSSR count). The van der Waals surface area contributed by atoms with Crippen molar-refractivity contribution in [1.29, 1.82) is 0 Å². The molecule has 0 aliphatic rings. The molecule has 7 heteroatoms. The van der Waals surface area contributed by atoms with Gasteiger partial charge in [-0.05, 0) is 12.1 Å². The van der Waals surface area contributed by atoms with Crippen LogP contribution in [0.25, 0.3) is 0 Å². The molecule has 2 aromatic rings. The highest BCUT2D eigenvalue weighted by molar-refractivity contribution is 5.87. The van der Waals surface area contributed by atoms with Gasteiger partial charge in [0.25, 0.3) is 0 Å². The number of carboxylic acid groups (broad SMARTS) is 1. The molecular weight excluding hydrogens is 252 g/mol. The Balaban J connectivity index is 2.34. The molecule has 0 atom stereocenters. The van der Waals surface area contributed by atoms with Gasteiger partial charge >= 0.3 is 11.7 Å². The number of ether oxygens (including phenoxy) is 1. The predicted octanol–water partition coefficient (Wildman–Crippen LogP) is 2.48. The lowest BCUT2D eigenvalue weighted by Gasteiger charge is -2.06. The van der Waals surface area contributed by atoms with Crippen molar-refractivity contribution in [2.24, 2.45) is 0 Å². The molecule has 0 aliphatic heterocycles. The molecule has 19 heavy (non-hydrogen) atoms. The van der Waals surface area contributed by atoms with Crippen molar-refractivity contribution in [2.45, 2.75) is 0 Å². The van der Waals surface area contributed by atoms with E-state index in [0.29, 0.717) is 0 Å². The Hall–Kier alpha value is -2.96. The van der Waals surface area contributed by atoms with Crippen LogP contribution < -0.4 is 4.74 Å². The van der Waals surface area contributed by atoms with Crippen LogP contribution >= 0.6 is 0 Å². The standard InChI is InChI=1S/C12H8N2O5/c15-12(16)8-5-9(7-13-6-8)19-11-4-2-1-3-10(11)14(17)18/h1-7H,(H,15,16). The number of nitro benzene ring substituents is 1. The Bertz CT molecular complexity index is 642. The molecule has 0 saturated carbocycles. The molecule has 96 valence electrons. The van der Waals surface area contributed by atoms with Crippen LogP contribution in [0, 0.1) is 10.1 Å². The summed E-state index contributed by atoms with van der Waals surface area (Å²) < 4.78 is 5.29. The maximum atomic E-state index is 10.8. The quantitative estimate of drug-likeness (QED) is 0.669. The minimum absolute atomic E-state index is 0.0249. The first-order valence-electron chi connectivity index (χ1n) is 5.17. The second kappa shape index (κ2) is 5.13. The van der Waals surface area contributed by atoms with Crippen molar-refractivity contribution in [3.63, 3.8) is 0 Å². The third kappa shape index (κ3) is 2.83. The summed E-state index contributed by atoms with van der Waals surface area (Å²) in [6.07, 6.45) is 2.44. The van der Waals surface area contributed by atoms with Crippen molar-refractivity contribution < 1.29 is 19.6 Å². The van der Waals surface area contributed by atoms with Crippen LogP contribution in [-0.4, -0.2) is 21.0 Å². The molecule has 0 amide bonds. The lowest BCUT2D eigenvalue weighted by molar-refractivity contribution is -0.385. The fraction of sp³-hybridized carbons (Fsp3) is 0. The zero-order chi connectivity index (χ0) is 13.8. The minimum atomic E-state index is -1.15. The summed E-state index contributed by atoms with van der Waals surface area (Å²) in [6, 6.07) is 7.05. The third-order valence-corrected chi connectivity index (χ3v) is 2.25. The van der Waals surface area contributed by atoms with Gasteiger partial charge in [-0.1, -0.05) is 12.1 Å². The van der Waals surface area contributed by atoms with Gasteiger partial charge < -0.3 is 9.84 Å². The van der Waals surface area contributed by atoms with E-state index < -0.39 is 10.9 Å². The van der Waals surface area contributed by atoms with E-state index >= 15 is 0 Å². The van der Waals surface area contributed by atoms with E-state index in [0.717, 1.165) is 6.20 Å². The number of carbonyl (C=O) groups is 1. The lowest BCUT2D eigenvalue weighted by Crippen LogP contribution is -1.98. The highest BCUT2D eigenvalue weighted by Gasteiger charge is 2.15. The molecule has 0 spiro atoms. The maximum Gasteiger partial charge on any atom is 0.337 e. The van der Waals surface area contributed by atoms with Gasteiger partial charge in [-0.3, -0.25) is 15.1 Å². The molecule has 1 aromatic carbocycles. The van der Waals surface area contributed by atoms with Crippen LogP contribution in [0.4, 0.5) is 5.69 Å². The third-order valence-electron chi connectivity index (χ3n) is 2.25. The first-order valence-corrected chi connectivity index (χ1v) is 5.17. The fourth-order valence-corrected chi connectivity index (χ4v) is 1.41. The van der Waals surface area contributed by atoms with E-state index in [1.165, 1.54) is 30.5 Å². The number of rotatable bonds is 4. The summed E-state index contributed by atoms with van der Waals surface area (Å²) in [4.78, 5) is 24.7. The number of benzene rings is 1. The monoisotopic (exact) mass is 260 g/mol. The highest BCUT2D eigenvalue weighted by atomic mass is 16.6. The summed E-state index contributed by atoms with van der Waals surface area (Å²) in [7, 11) is 0. The van der Waals surface area contributed by atoms with Crippen LogP contribution in [0.2, 0.25) is 0 Å². The Morgan fingerprint density at radius 2 is 2.05 bits per heavy atom. The normalized spacial score (nSPS) is 9.89. The predicted molar refractivity (Wildman–Crippen MR) is 64.4 cm³/mol. The van der Waals surface area contributed by atoms with Gasteiger partial charge in [0.2, 0.25) is 5.75 Å². The van der Waals surface area contributed by atoms with E-state index in [-0.39, 0.29) is 22.7 Å². The van der Waals surface area contributed by atoms with Crippen molar-refractivity contribution in [2.75, 3.05) is 0 Å². The minimum Gasteiger partial charge on any atom is -0.478 e. The van der Waals surface area contributed by atoms with E-state index in [1.807, 2.05) is 0 Å². The van der Waals surface area contributed by atoms with Gasteiger partial charge in [0.05, 0.1) is 16.7 Å². The molecule has 0 saturated heterocycles. The van der Waals surface area contributed by atoms with Crippen LogP contribution in [0.5, 0.6) is 11.5 Å². The number of aromatic carboxylic acids is 1. The summed E-state index contributed by atoms with van der Waals surface area (Å²) in [6.45, 7) is 0. The smallest absolute Gasteiger partial charge is 0.337 e. The maximum absolute atomic E-state index is 10.8. The summed E-state index contributed by atoms with van der Waals surface area (Å²) in [5.74, 6) is -1.01. The van der Waals surface area contributed by atoms with Gasteiger partial charge in [-0.25, -0.2) is 4.79 Å². The number of aromatic nitrogens is 1. The van der Waals surface area contributed by atoms with Crippen LogP contribution in [0.1, 0.15) is 10.4 Å². The zero-order valence-electron chi connectivity index (χ0n) is 9.52. The Morgan fingerprint density at radius 1 is 1.32 bits per heavy atom. The van der Waals surface area contributed by atoms with Crippen LogP contribution in [0.3, 0.4) is 0 Å². The Kier molecular flexibility index (Phi) is 3.37. The molecule has 0 radical (unpaired) electrons. The molecule has 0 unspecified atom stereocenters. The number of hydrogen-bond acceptors (Lipinski definition) is 5. The summed E-state index contributed by atoms with van der Waals surface area (Å²) in [5.41, 5.74) is -0.265. The highest BCUT2D eigenvalue weighted by Crippen LogP contribution is 2.30. The van der Waals surface area contributed by atoms with E-state index in [2.05, 4.69) is 4.98 Å². The summed E-state index contributed by atoms with van der Waals surface area (Å²) in [5, 5.41) is 19.6. The average Bonchev–Trinajstić information content (AvgIpc) is 2.39. The van der Waals surface area contributed by atoms with Crippen molar-refractivity contribution in [1.82, 2.24) is 4.98 Å². The number of pyridine rings is 1. The molecule has 0 bridgehead atoms. The van der Waals surface area contributed by atoms with Gasteiger partial charge in [0, 0.05) is 12.3 Å². The summed E-state index contributed by atoms with van der Waals surface area (Å²) >= 11 is 0. The molecule has 0 fully saturated rings. The van der Waals surface area contributed by atoms with Crippen molar-refractivity contribution in [3.8, 4) is 11.5 Å². The largest absolute Gasteiger partial charge is 0.478 e. The lowest BCUT2D eigenvalue weighted by atomic mass is 10.2. The topological polar surface area (TPSA) is 103 Å². The number of para-hydroxylation sites is 2. The fourth-order valence-electron chi connectivity index (χ4n) is 1.41. The van der Waals surface area contributed by atoms with Gasteiger partial charge in [-0.15, -0.1) is 0 Å². The molecule has 1 N–H and O–H groups in total. The number of carboxylic acids is 1. The first-order chi connectivity index (χ1) is 9.08. The van der Waals surface area contributed by atoms with Gasteiger partial charge in [0.1, 0.15) is 5.75 Å². The molecular formula is C12H8N2O5. The molecule has 7 nitrogen and oxygen atoms in total. The average molecular weight is 260 g/mol. The Labute approximate surface area is 107 Å². The number of nitro groups is 1. The van der Waals surface area contributed by atoms with Crippen molar-refractivity contribution in [3.05, 3.63) is 58.4 Å². The zero-order valence-corrected chi connectivity index (χ0v) is 9.52. The van der Waals surface area contributed by atoms with Crippen molar-refractivity contribution >= 4 is 11.7 Å². The molecule has 0 aliphatic carbocycles.